The lowest BCUT2D eigenvalue weighted by atomic mass is 10.2. The summed E-state index contributed by atoms with van der Waals surface area (Å²) in [7, 11) is 1.73. The van der Waals surface area contributed by atoms with Gasteiger partial charge >= 0.3 is 0 Å². The Hall–Kier alpha value is -1.35. The van der Waals surface area contributed by atoms with Crippen LogP contribution in [0.3, 0.4) is 0 Å². The number of amides is 2. The van der Waals surface area contributed by atoms with Crippen LogP contribution in [0.25, 0.3) is 0 Å². The molecule has 0 unspecified atom stereocenters. The highest BCUT2D eigenvalue weighted by molar-refractivity contribution is 8.01. The molecule has 2 amide bonds. The number of hydrogen-bond donors (Lipinski definition) is 2. The monoisotopic (exact) mass is 287 g/mol. The fraction of sp³-hybridized carbons (Fsp3) is 0.556. The van der Waals surface area contributed by atoms with Crippen LogP contribution in [0.15, 0.2) is 4.34 Å². The van der Waals surface area contributed by atoms with Crippen LogP contribution in [0.2, 0.25) is 0 Å². The number of nitrogens with two attached hydrogens (primary N) is 1. The maximum Gasteiger partial charge on any atom is 0.244 e. The quantitative estimate of drug-likeness (QED) is 0.728. The standard InChI is InChI=1S/C9H13N5O2S2/c1-14-3-2-5(7(14)16)11-6(15)4-17-9-13-12-8(10)18-9/h5H,2-4H2,1H3,(H2,10,12)(H,11,15)/t5-/m1/s1. The van der Waals surface area contributed by atoms with Gasteiger partial charge in [-0.2, -0.15) is 0 Å². The van der Waals surface area contributed by atoms with Crippen LogP contribution in [-0.4, -0.2) is 52.3 Å². The van der Waals surface area contributed by atoms with Crippen LogP contribution in [0.1, 0.15) is 6.42 Å². The molecule has 9 heteroatoms. The van der Waals surface area contributed by atoms with Gasteiger partial charge in [0.05, 0.1) is 5.75 Å². The predicted molar refractivity (Wildman–Crippen MR) is 69.2 cm³/mol. The molecule has 1 atom stereocenters. The smallest absolute Gasteiger partial charge is 0.244 e. The SMILES string of the molecule is CN1CC[C@@H](NC(=O)CSc2nnc(N)s2)C1=O. The van der Waals surface area contributed by atoms with Gasteiger partial charge in [-0.3, -0.25) is 9.59 Å². The van der Waals surface area contributed by atoms with Gasteiger partial charge < -0.3 is 16.0 Å². The molecule has 0 saturated carbocycles. The third kappa shape index (κ3) is 3.10. The van der Waals surface area contributed by atoms with Crippen molar-refractivity contribution < 1.29 is 9.59 Å². The Labute approximate surface area is 112 Å². The van der Waals surface area contributed by atoms with Crippen molar-refractivity contribution in [2.24, 2.45) is 0 Å². The minimum atomic E-state index is -0.386. The Balaban J connectivity index is 1.77. The van der Waals surface area contributed by atoms with Gasteiger partial charge in [-0.1, -0.05) is 23.1 Å². The van der Waals surface area contributed by atoms with Crippen LogP contribution < -0.4 is 11.1 Å². The van der Waals surface area contributed by atoms with E-state index in [1.165, 1.54) is 23.1 Å². The van der Waals surface area contributed by atoms with Crippen molar-refractivity contribution in [3.63, 3.8) is 0 Å². The molecule has 98 valence electrons. The average Bonchev–Trinajstić information content (AvgIpc) is 2.88. The molecular weight excluding hydrogens is 274 g/mol. The second kappa shape index (κ2) is 5.53. The molecule has 1 aromatic heterocycles. The van der Waals surface area contributed by atoms with Gasteiger partial charge in [0.2, 0.25) is 16.9 Å². The zero-order valence-electron chi connectivity index (χ0n) is 9.75. The van der Waals surface area contributed by atoms with Crippen LogP contribution in [0.4, 0.5) is 5.13 Å². The summed E-state index contributed by atoms with van der Waals surface area (Å²) in [4.78, 5) is 24.9. The van der Waals surface area contributed by atoms with Crippen molar-refractivity contribution in [2.45, 2.75) is 16.8 Å². The molecule has 0 aromatic carbocycles. The minimum absolute atomic E-state index is 0.0338. The van der Waals surface area contributed by atoms with Crippen molar-refractivity contribution >= 4 is 40.0 Å². The molecule has 1 aliphatic rings. The highest BCUT2D eigenvalue weighted by Crippen LogP contribution is 2.23. The molecule has 0 aliphatic carbocycles. The van der Waals surface area contributed by atoms with Gasteiger partial charge in [0.15, 0.2) is 4.34 Å². The van der Waals surface area contributed by atoms with Gasteiger partial charge in [0.25, 0.3) is 0 Å². The molecule has 18 heavy (non-hydrogen) atoms. The molecular formula is C9H13N5O2S2. The van der Waals surface area contributed by atoms with E-state index in [1.54, 1.807) is 11.9 Å². The van der Waals surface area contributed by atoms with E-state index in [2.05, 4.69) is 15.5 Å². The fourth-order valence-corrected chi connectivity index (χ4v) is 3.05. The Morgan fingerprint density at radius 3 is 3.00 bits per heavy atom. The van der Waals surface area contributed by atoms with Gasteiger partial charge in [-0.25, -0.2) is 0 Å². The van der Waals surface area contributed by atoms with Gasteiger partial charge in [-0.05, 0) is 6.42 Å². The number of aromatic nitrogens is 2. The predicted octanol–water partition coefficient (Wildman–Crippen LogP) is -0.441. The third-order valence-corrected chi connectivity index (χ3v) is 4.40. The van der Waals surface area contributed by atoms with Crippen LogP contribution >= 0.6 is 23.1 Å². The molecule has 1 aliphatic heterocycles. The number of nitrogen functional groups attached to an aromatic ring is 1. The van der Waals surface area contributed by atoms with E-state index < -0.39 is 0 Å². The van der Waals surface area contributed by atoms with Gasteiger partial charge in [0.1, 0.15) is 6.04 Å². The summed E-state index contributed by atoms with van der Waals surface area (Å²) >= 11 is 2.50. The first-order chi connectivity index (χ1) is 8.56. The zero-order valence-corrected chi connectivity index (χ0v) is 11.4. The van der Waals surface area contributed by atoms with Crippen molar-refractivity contribution in [3.8, 4) is 0 Å². The molecule has 2 rings (SSSR count). The largest absolute Gasteiger partial charge is 0.374 e. The lowest BCUT2D eigenvalue weighted by Gasteiger charge is -2.11. The normalized spacial score (nSPS) is 19.3. The van der Waals surface area contributed by atoms with Crippen molar-refractivity contribution in [3.05, 3.63) is 0 Å². The highest BCUT2D eigenvalue weighted by atomic mass is 32.2. The number of likely N-dealkylation sites (tertiary alicyclic amines) is 1. The van der Waals surface area contributed by atoms with E-state index in [0.717, 1.165) is 0 Å². The number of carbonyl (C=O) groups is 2. The average molecular weight is 287 g/mol. The molecule has 2 heterocycles. The summed E-state index contributed by atoms with van der Waals surface area (Å²) < 4.78 is 0.650. The number of rotatable bonds is 4. The molecule has 0 spiro atoms. The number of nitrogens with one attached hydrogen (secondary N) is 1. The lowest BCUT2D eigenvalue weighted by Crippen LogP contribution is -2.41. The lowest BCUT2D eigenvalue weighted by molar-refractivity contribution is -0.131. The van der Waals surface area contributed by atoms with Crippen molar-refractivity contribution in [1.29, 1.82) is 0 Å². The zero-order chi connectivity index (χ0) is 13.1. The van der Waals surface area contributed by atoms with E-state index in [1.807, 2.05) is 0 Å². The van der Waals surface area contributed by atoms with Crippen LogP contribution in [-0.2, 0) is 9.59 Å². The molecule has 0 radical (unpaired) electrons. The number of likely N-dealkylation sites (N-methyl/N-ethyl adjacent to an activating group) is 1. The first-order valence-corrected chi connectivity index (χ1v) is 7.12. The minimum Gasteiger partial charge on any atom is -0.374 e. The fourth-order valence-electron chi connectivity index (χ4n) is 1.60. The van der Waals surface area contributed by atoms with E-state index in [-0.39, 0.29) is 23.6 Å². The molecule has 3 N–H and O–H groups in total. The first-order valence-electron chi connectivity index (χ1n) is 5.32. The van der Waals surface area contributed by atoms with Gasteiger partial charge in [-0.15, -0.1) is 10.2 Å². The van der Waals surface area contributed by atoms with E-state index in [0.29, 0.717) is 22.4 Å². The summed E-state index contributed by atoms with van der Waals surface area (Å²) in [5.74, 6) is -0.00166. The Kier molecular flexibility index (Phi) is 4.02. The maximum atomic E-state index is 11.7. The third-order valence-electron chi connectivity index (χ3n) is 2.51. The second-order valence-corrected chi connectivity index (χ2v) is 6.10. The number of carbonyl (C=O) groups excluding carboxylic acids is 2. The first kappa shape index (κ1) is 13.1. The second-order valence-electron chi connectivity index (χ2n) is 3.86. The summed E-state index contributed by atoms with van der Waals surface area (Å²) in [6.07, 6.45) is 0.664. The Bertz CT molecular complexity index is 464. The molecule has 1 saturated heterocycles. The topological polar surface area (TPSA) is 101 Å². The number of anilines is 1. The van der Waals surface area contributed by atoms with E-state index in [9.17, 15) is 9.59 Å². The summed E-state index contributed by atoms with van der Waals surface area (Å²) in [5, 5.41) is 10.5. The van der Waals surface area contributed by atoms with E-state index >= 15 is 0 Å². The molecule has 1 fully saturated rings. The highest BCUT2D eigenvalue weighted by Gasteiger charge is 2.30. The summed E-state index contributed by atoms with van der Waals surface area (Å²) in [6, 6.07) is -0.386. The molecule has 7 nitrogen and oxygen atoms in total. The summed E-state index contributed by atoms with van der Waals surface area (Å²) in [6.45, 7) is 0.684. The van der Waals surface area contributed by atoms with Crippen molar-refractivity contribution in [1.82, 2.24) is 20.4 Å². The molecule has 1 aromatic rings. The Morgan fingerprint density at radius 2 is 2.44 bits per heavy atom. The van der Waals surface area contributed by atoms with Crippen LogP contribution in [0.5, 0.6) is 0 Å². The maximum absolute atomic E-state index is 11.7. The molecule has 0 bridgehead atoms. The number of hydrogen-bond acceptors (Lipinski definition) is 7. The van der Waals surface area contributed by atoms with Gasteiger partial charge in [0, 0.05) is 13.6 Å². The van der Waals surface area contributed by atoms with Crippen LogP contribution in [0, 0.1) is 0 Å². The van der Waals surface area contributed by atoms with Crippen molar-refractivity contribution in [2.75, 3.05) is 25.1 Å². The summed E-state index contributed by atoms with van der Waals surface area (Å²) in [5.41, 5.74) is 5.43. The number of nitrogens with zero attached hydrogens (tertiary/aromatic N) is 3. The Morgan fingerprint density at radius 1 is 1.67 bits per heavy atom. The number of thioether (sulfide) groups is 1. The van der Waals surface area contributed by atoms with E-state index in [4.69, 9.17) is 5.73 Å².